The minimum Gasteiger partial charge on any atom is -0.322 e. The molecule has 3 N–H and O–H groups in total. The van der Waals surface area contributed by atoms with Crippen molar-refractivity contribution in [2.75, 3.05) is 0 Å². The molecule has 0 spiro atoms. The average molecular weight is 267 g/mol. The quantitative estimate of drug-likeness (QED) is 0.566. The summed E-state index contributed by atoms with van der Waals surface area (Å²) in [6.45, 7) is 1.95. The van der Waals surface area contributed by atoms with Crippen LogP contribution in [-0.4, -0.2) is 24.5 Å². The van der Waals surface area contributed by atoms with Crippen LogP contribution in [0.1, 0.15) is 18.9 Å². The molecule has 0 aromatic heterocycles. The molecule has 0 radical (unpaired) electrons. The van der Waals surface area contributed by atoms with Crippen LogP contribution in [0.4, 0.5) is 0 Å². The molecule has 0 saturated carbocycles. The normalized spacial score (nSPS) is 24.0. The molecule has 6 heteroatoms. The SMILES string of the molecule is CC1CC(=O)NC(N/N=C/c2ccc(Cl)cc2)N1. The summed E-state index contributed by atoms with van der Waals surface area (Å²) in [6.07, 6.45) is 1.83. The number of amides is 1. The summed E-state index contributed by atoms with van der Waals surface area (Å²) >= 11 is 5.78. The first-order chi connectivity index (χ1) is 8.63. The Labute approximate surface area is 111 Å². The van der Waals surface area contributed by atoms with Crippen LogP contribution in [0.2, 0.25) is 5.02 Å². The summed E-state index contributed by atoms with van der Waals surface area (Å²) < 4.78 is 0. The van der Waals surface area contributed by atoms with E-state index < -0.39 is 0 Å². The van der Waals surface area contributed by atoms with Crippen LogP contribution in [0, 0.1) is 0 Å². The molecule has 96 valence electrons. The van der Waals surface area contributed by atoms with Crippen molar-refractivity contribution in [3.05, 3.63) is 34.9 Å². The first-order valence-electron chi connectivity index (χ1n) is 5.73. The number of nitrogens with zero attached hydrogens (tertiary/aromatic N) is 1. The Morgan fingerprint density at radius 1 is 1.44 bits per heavy atom. The molecule has 1 amide bonds. The second kappa shape index (κ2) is 5.84. The number of hydrogen-bond donors (Lipinski definition) is 3. The molecule has 1 aromatic carbocycles. The number of carbonyl (C=O) groups is 1. The summed E-state index contributed by atoms with van der Waals surface area (Å²) in [6, 6.07) is 7.46. The van der Waals surface area contributed by atoms with E-state index in [2.05, 4.69) is 21.2 Å². The predicted molar refractivity (Wildman–Crippen MR) is 71.3 cm³/mol. The number of carbonyl (C=O) groups excluding carboxylic acids is 1. The lowest BCUT2D eigenvalue weighted by atomic mass is 10.2. The molecule has 1 aliphatic rings. The van der Waals surface area contributed by atoms with Crippen molar-refractivity contribution in [2.45, 2.75) is 25.7 Å². The molecule has 2 rings (SSSR count). The van der Waals surface area contributed by atoms with Crippen molar-refractivity contribution in [3.8, 4) is 0 Å². The van der Waals surface area contributed by atoms with Crippen molar-refractivity contribution >= 4 is 23.7 Å². The molecular formula is C12H15ClN4O. The van der Waals surface area contributed by atoms with Crippen LogP contribution in [0.15, 0.2) is 29.4 Å². The molecule has 18 heavy (non-hydrogen) atoms. The molecule has 0 bridgehead atoms. The van der Waals surface area contributed by atoms with Gasteiger partial charge in [-0.2, -0.15) is 5.10 Å². The Morgan fingerprint density at radius 3 is 2.83 bits per heavy atom. The van der Waals surface area contributed by atoms with Gasteiger partial charge >= 0.3 is 0 Å². The second-order valence-corrected chi connectivity index (χ2v) is 4.65. The van der Waals surface area contributed by atoms with Gasteiger partial charge in [0, 0.05) is 17.5 Å². The predicted octanol–water partition coefficient (Wildman–Crippen LogP) is 1.05. The van der Waals surface area contributed by atoms with E-state index in [0.29, 0.717) is 11.4 Å². The van der Waals surface area contributed by atoms with Gasteiger partial charge in [0.15, 0.2) is 6.29 Å². The summed E-state index contributed by atoms with van der Waals surface area (Å²) in [5.74, 6) is 0.0143. The van der Waals surface area contributed by atoms with Gasteiger partial charge in [-0.1, -0.05) is 23.7 Å². The van der Waals surface area contributed by atoms with E-state index in [1.807, 2.05) is 19.1 Å². The molecular weight excluding hydrogens is 252 g/mol. The van der Waals surface area contributed by atoms with Crippen LogP contribution in [0.5, 0.6) is 0 Å². The summed E-state index contributed by atoms with van der Waals surface area (Å²) in [7, 11) is 0. The van der Waals surface area contributed by atoms with E-state index in [-0.39, 0.29) is 18.2 Å². The number of hydrazone groups is 1. The van der Waals surface area contributed by atoms with Crippen molar-refractivity contribution in [1.82, 2.24) is 16.1 Å². The monoisotopic (exact) mass is 266 g/mol. The van der Waals surface area contributed by atoms with E-state index in [1.54, 1.807) is 18.3 Å². The Morgan fingerprint density at radius 2 is 2.17 bits per heavy atom. The third-order valence-corrected chi connectivity index (χ3v) is 2.79. The number of benzene rings is 1. The Bertz CT molecular complexity index is 446. The van der Waals surface area contributed by atoms with Crippen LogP contribution < -0.4 is 16.1 Å². The molecule has 1 aliphatic heterocycles. The summed E-state index contributed by atoms with van der Waals surface area (Å²) in [5, 5.41) is 10.7. The molecule has 0 aliphatic carbocycles. The average Bonchev–Trinajstić information content (AvgIpc) is 2.30. The lowest BCUT2D eigenvalue weighted by molar-refractivity contribution is -0.124. The lowest BCUT2D eigenvalue weighted by Gasteiger charge is -2.28. The molecule has 2 unspecified atom stereocenters. The zero-order valence-electron chi connectivity index (χ0n) is 9.98. The van der Waals surface area contributed by atoms with Crippen LogP contribution in [-0.2, 0) is 4.79 Å². The first kappa shape index (κ1) is 12.9. The van der Waals surface area contributed by atoms with Gasteiger partial charge in [0.2, 0.25) is 5.91 Å². The lowest BCUT2D eigenvalue weighted by Crippen LogP contribution is -2.60. The fourth-order valence-corrected chi connectivity index (χ4v) is 1.81. The van der Waals surface area contributed by atoms with Gasteiger partial charge < -0.3 is 5.32 Å². The highest BCUT2D eigenvalue weighted by atomic mass is 35.5. The maximum absolute atomic E-state index is 11.3. The Kier molecular flexibility index (Phi) is 4.17. The Balaban J connectivity index is 1.87. The number of halogens is 1. The standard InChI is InChI=1S/C12H15ClN4O/c1-8-6-11(18)16-12(15-8)17-14-7-9-2-4-10(13)5-3-9/h2-5,7-8,12,15,17H,6H2,1H3,(H,16,18)/b14-7+. The topological polar surface area (TPSA) is 65.5 Å². The van der Waals surface area contributed by atoms with Crippen molar-refractivity contribution in [3.63, 3.8) is 0 Å². The smallest absolute Gasteiger partial charge is 0.224 e. The molecule has 1 saturated heterocycles. The van der Waals surface area contributed by atoms with Gasteiger partial charge in [-0.05, 0) is 24.6 Å². The fraction of sp³-hybridized carbons (Fsp3) is 0.333. The van der Waals surface area contributed by atoms with E-state index in [9.17, 15) is 4.79 Å². The van der Waals surface area contributed by atoms with Gasteiger partial charge in [0.1, 0.15) is 0 Å². The Hall–Kier alpha value is -1.59. The van der Waals surface area contributed by atoms with Gasteiger partial charge in [-0.3, -0.25) is 15.5 Å². The zero-order chi connectivity index (χ0) is 13.0. The highest BCUT2D eigenvalue weighted by molar-refractivity contribution is 6.30. The van der Waals surface area contributed by atoms with Crippen LogP contribution >= 0.6 is 11.6 Å². The molecule has 1 aromatic rings. The van der Waals surface area contributed by atoms with E-state index >= 15 is 0 Å². The summed E-state index contributed by atoms with van der Waals surface area (Å²) in [5.41, 5.74) is 3.77. The van der Waals surface area contributed by atoms with Gasteiger partial charge in [0.25, 0.3) is 0 Å². The van der Waals surface area contributed by atoms with Gasteiger partial charge in [0.05, 0.1) is 6.21 Å². The van der Waals surface area contributed by atoms with Crippen molar-refractivity contribution < 1.29 is 4.79 Å². The van der Waals surface area contributed by atoms with Crippen LogP contribution in [0.3, 0.4) is 0 Å². The minimum absolute atomic E-state index is 0.0143. The summed E-state index contributed by atoms with van der Waals surface area (Å²) in [4.78, 5) is 11.3. The number of rotatable bonds is 3. The third kappa shape index (κ3) is 3.72. The van der Waals surface area contributed by atoms with Crippen LogP contribution in [0.25, 0.3) is 0 Å². The van der Waals surface area contributed by atoms with Gasteiger partial charge in [-0.15, -0.1) is 0 Å². The second-order valence-electron chi connectivity index (χ2n) is 4.21. The molecule has 5 nitrogen and oxygen atoms in total. The van der Waals surface area contributed by atoms with E-state index in [1.165, 1.54) is 0 Å². The third-order valence-electron chi connectivity index (χ3n) is 2.54. The molecule has 1 heterocycles. The minimum atomic E-state index is -0.329. The molecule has 2 atom stereocenters. The maximum atomic E-state index is 11.3. The van der Waals surface area contributed by atoms with Gasteiger partial charge in [-0.25, -0.2) is 0 Å². The largest absolute Gasteiger partial charge is 0.322 e. The number of nitrogens with one attached hydrogen (secondary N) is 3. The van der Waals surface area contributed by atoms with Crippen molar-refractivity contribution in [2.24, 2.45) is 5.10 Å². The number of hydrogen-bond acceptors (Lipinski definition) is 4. The highest BCUT2D eigenvalue weighted by Gasteiger charge is 2.21. The highest BCUT2D eigenvalue weighted by Crippen LogP contribution is 2.07. The molecule has 1 fully saturated rings. The zero-order valence-corrected chi connectivity index (χ0v) is 10.7. The fourth-order valence-electron chi connectivity index (χ4n) is 1.69. The van der Waals surface area contributed by atoms with E-state index in [4.69, 9.17) is 11.6 Å². The van der Waals surface area contributed by atoms with E-state index in [0.717, 1.165) is 5.56 Å². The van der Waals surface area contributed by atoms with Crippen molar-refractivity contribution in [1.29, 1.82) is 0 Å². The maximum Gasteiger partial charge on any atom is 0.224 e. The first-order valence-corrected chi connectivity index (χ1v) is 6.11.